The molecule has 0 atom stereocenters. The van der Waals surface area contributed by atoms with Crippen LogP contribution in [0.4, 0.5) is 0 Å². The van der Waals surface area contributed by atoms with Gasteiger partial charge in [-0.15, -0.1) is 11.3 Å². The molecule has 15 heavy (non-hydrogen) atoms. The molecule has 1 aromatic heterocycles. The summed E-state index contributed by atoms with van der Waals surface area (Å²) in [5.74, 6) is 0.843. The summed E-state index contributed by atoms with van der Waals surface area (Å²) < 4.78 is 6.49. The third-order valence-electron chi connectivity index (χ3n) is 2.33. The van der Waals surface area contributed by atoms with Gasteiger partial charge in [0.15, 0.2) is 0 Å². The van der Waals surface area contributed by atoms with Crippen LogP contribution in [0.25, 0.3) is 10.2 Å². The monoisotopic (exact) mass is 222 g/mol. The molecule has 1 aromatic carbocycles. The summed E-state index contributed by atoms with van der Waals surface area (Å²) in [6.07, 6.45) is 0.835. The third-order valence-corrected chi connectivity index (χ3v) is 3.58. The van der Waals surface area contributed by atoms with E-state index in [9.17, 15) is 0 Å². The number of fused-ring (bicyclic) bond motifs is 1. The molecule has 0 fully saturated rings. The first-order valence-corrected chi connectivity index (χ1v) is 5.71. The Kier molecular flexibility index (Phi) is 2.88. The van der Waals surface area contributed by atoms with Crippen LogP contribution >= 0.6 is 11.3 Å². The van der Waals surface area contributed by atoms with Crippen molar-refractivity contribution >= 4 is 21.6 Å². The molecular formula is C11H14N2OS. The largest absolute Gasteiger partial charge is 0.494 e. The molecule has 2 aromatic rings. The van der Waals surface area contributed by atoms with Crippen molar-refractivity contribution < 1.29 is 4.74 Å². The van der Waals surface area contributed by atoms with Crippen LogP contribution < -0.4 is 10.5 Å². The van der Waals surface area contributed by atoms with E-state index in [4.69, 9.17) is 10.5 Å². The highest BCUT2D eigenvalue weighted by molar-refractivity contribution is 7.18. The number of aryl methyl sites for hydroxylation is 1. The second-order valence-corrected chi connectivity index (χ2v) is 4.49. The van der Waals surface area contributed by atoms with Crippen molar-refractivity contribution in [1.29, 1.82) is 0 Å². The second-order valence-electron chi connectivity index (χ2n) is 3.41. The predicted octanol–water partition coefficient (Wildman–Crippen LogP) is 2.11. The fourth-order valence-corrected chi connectivity index (χ4v) is 2.61. The number of hydrogen-bond donors (Lipinski definition) is 1. The van der Waals surface area contributed by atoms with E-state index in [1.54, 1.807) is 18.4 Å². The van der Waals surface area contributed by atoms with Gasteiger partial charge in [-0.3, -0.25) is 0 Å². The first-order chi connectivity index (χ1) is 7.26. The number of benzene rings is 1. The van der Waals surface area contributed by atoms with E-state index in [-0.39, 0.29) is 0 Å². The van der Waals surface area contributed by atoms with Gasteiger partial charge < -0.3 is 10.5 Å². The summed E-state index contributed by atoms with van der Waals surface area (Å²) in [5, 5.41) is 1.08. The number of thiazole rings is 1. The first kappa shape index (κ1) is 10.4. The molecule has 0 aliphatic carbocycles. The van der Waals surface area contributed by atoms with E-state index in [0.29, 0.717) is 6.54 Å². The average molecular weight is 222 g/mol. The molecule has 0 aliphatic rings. The number of nitrogens with two attached hydrogens (primary N) is 1. The van der Waals surface area contributed by atoms with Gasteiger partial charge >= 0.3 is 0 Å². The Morgan fingerprint density at radius 3 is 2.93 bits per heavy atom. The van der Waals surface area contributed by atoms with E-state index in [1.807, 2.05) is 6.07 Å². The number of rotatable bonds is 3. The molecule has 80 valence electrons. The maximum atomic E-state index is 5.53. The minimum atomic E-state index is 0.640. The molecule has 0 saturated carbocycles. The quantitative estimate of drug-likeness (QED) is 0.865. The normalized spacial score (nSPS) is 10.9. The molecule has 0 spiro atoms. The van der Waals surface area contributed by atoms with Crippen molar-refractivity contribution in [2.24, 2.45) is 5.73 Å². The van der Waals surface area contributed by atoms with Crippen molar-refractivity contribution in [2.45, 2.75) is 13.3 Å². The number of methoxy groups -OCH3 is 1. The first-order valence-electron chi connectivity index (χ1n) is 4.89. The Labute approximate surface area is 92.9 Å². The maximum absolute atomic E-state index is 5.53. The lowest BCUT2D eigenvalue weighted by atomic mass is 10.2. The summed E-state index contributed by atoms with van der Waals surface area (Å²) in [6, 6.07) is 4.02. The van der Waals surface area contributed by atoms with Gasteiger partial charge in [0.1, 0.15) is 11.3 Å². The van der Waals surface area contributed by atoms with Gasteiger partial charge in [0.05, 0.1) is 16.8 Å². The molecule has 0 unspecified atom stereocenters. The zero-order valence-electron chi connectivity index (χ0n) is 8.91. The molecule has 4 heteroatoms. The third kappa shape index (κ3) is 1.82. The van der Waals surface area contributed by atoms with Crippen LogP contribution in [0.3, 0.4) is 0 Å². The van der Waals surface area contributed by atoms with Gasteiger partial charge in [-0.05, 0) is 25.1 Å². The van der Waals surface area contributed by atoms with Crippen molar-refractivity contribution in [3.05, 3.63) is 22.7 Å². The van der Waals surface area contributed by atoms with Crippen LogP contribution in [0.5, 0.6) is 5.75 Å². The minimum Gasteiger partial charge on any atom is -0.494 e. The molecule has 2 N–H and O–H groups in total. The number of ether oxygens (including phenoxy) is 1. The highest BCUT2D eigenvalue weighted by Gasteiger charge is 2.10. The van der Waals surface area contributed by atoms with Crippen LogP contribution in [0, 0.1) is 6.92 Å². The van der Waals surface area contributed by atoms with E-state index in [2.05, 4.69) is 18.0 Å². The highest BCUT2D eigenvalue weighted by Crippen LogP contribution is 2.32. The smallest absolute Gasteiger partial charge is 0.145 e. The Balaban J connectivity index is 2.61. The van der Waals surface area contributed by atoms with Gasteiger partial charge in [-0.1, -0.05) is 6.07 Å². The Bertz CT molecular complexity index is 479. The SMILES string of the molecule is COc1ccc(C)c2sc(CCN)nc12. The van der Waals surface area contributed by atoms with Gasteiger partial charge in [-0.25, -0.2) is 4.98 Å². The van der Waals surface area contributed by atoms with Crippen molar-refractivity contribution in [1.82, 2.24) is 4.98 Å². The molecule has 2 rings (SSSR count). The van der Waals surface area contributed by atoms with E-state index in [1.165, 1.54) is 10.3 Å². The van der Waals surface area contributed by atoms with Crippen LogP contribution in [0.2, 0.25) is 0 Å². The molecule has 1 heterocycles. The Hall–Kier alpha value is -1.13. The second kappa shape index (κ2) is 4.16. The van der Waals surface area contributed by atoms with Gasteiger partial charge in [0, 0.05) is 6.42 Å². The minimum absolute atomic E-state index is 0.640. The summed E-state index contributed by atoms with van der Waals surface area (Å²) >= 11 is 1.71. The summed E-state index contributed by atoms with van der Waals surface area (Å²) in [6.45, 7) is 2.73. The number of aromatic nitrogens is 1. The summed E-state index contributed by atoms with van der Waals surface area (Å²) in [5.41, 5.74) is 7.73. The number of hydrogen-bond acceptors (Lipinski definition) is 4. The zero-order chi connectivity index (χ0) is 10.8. The summed E-state index contributed by atoms with van der Waals surface area (Å²) in [7, 11) is 1.67. The molecule has 0 bridgehead atoms. The highest BCUT2D eigenvalue weighted by atomic mass is 32.1. The topological polar surface area (TPSA) is 48.1 Å². The lowest BCUT2D eigenvalue weighted by molar-refractivity contribution is 0.419. The van der Waals surface area contributed by atoms with E-state index >= 15 is 0 Å². The van der Waals surface area contributed by atoms with Crippen molar-refractivity contribution in [3.8, 4) is 5.75 Å². The van der Waals surface area contributed by atoms with Crippen LogP contribution in [-0.4, -0.2) is 18.6 Å². The van der Waals surface area contributed by atoms with E-state index < -0.39 is 0 Å². The van der Waals surface area contributed by atoms with Crippen molar-refractivity contribution in [3.63, 3.8) is 0 Å². The fraction of sp³-hybridized carbons (Fsp3) is 0.364. The molecule has 0 aliphatic heterocycles. The van der Waals surface area contributed by atoms with Gasteiger partial charge in [-0.2, -0.15) is 0 Å². The molecule has 0 saturated heterocycles. The molecule has 3 nitrogen and oxygen atoms in total. The van der Waals surface area contributed by atoms with Crippen LogP contribution in [0.15, 0.2) is 12.1 Å². The lowest BCUT2D eigenvalue weighted by Crippen LogP contribution is -2.01. The van der Waals surface area contributed by atoms with Crippen molar-refractivity contribution in [2.75, 3.05) is 13.7 Å². The average Bonchev–Trinajstić information content (AvgIpc) is 2.64. The standard InChI is InChI=1S/C11H14N2OS/c1-7-3-4-8(14-2)10-11(7)15-9(13-10)5-6-12/h3-4H,5-6,12H2,1-2H3. The molecule has 0 radical (unpaired) electrons. The molecule has 0 amide bonds. The Morgan fingerprint density at radius 1 is 1.47 bits per heavy atom. The lowest BCUT2D eigenvalue weighted by Gasteiger charge is -2.01. The number of nitrogens with zero attached hydrogens (tertiary/aromatic N) is 1. The van der Waals surface area contributed by atoms with Gasteiger partial charge in [0.25, 0.3) is 0 Å². The molecular weight excluding hydrogens is 208 g/mol. The van der Waals surface area contributed by atoms with E-state index in [0.717, 1.165) is 22.7 Å². The summed E-state index contributed by atoms with van der Waals surface area (Å²) in [4.78, 5) is 4.55. The zero-order valence-corrected chi connectivity index (χ0v) is 9.73. The maximum Gasteiger partial charge on any atom is 0.145 e. The van der Waals surface area contributed by atoms with Crippen LogP contribution in [-0.2, 0) is 6.42 Å². The Morgan fingerprint density at radius 2 is 2.27 bits per heavy atom. The predicted molar refractivity (Wildman–Crippen MR) is 63.7 cm³/mol. The van der Waals surface area contributed by atoms with Crippen LogP contribution in [0.1, 0.15) is 10.6 Å². The fourth-order valence-electron chi connectivity index (χ4n) is 1.55. The van der Waals surface area contributed by atoms with Gasteiger partial charge in [0.2, 0.25) is 0 Å².